The number of hydrogen-bond donors (Lipinski definition) is 3. The summed E-state index contributed by atoms with van der Waals surface area (Å²) in [7, 11) is -4.12. The van der Waals surface area contributed by atoms with Crippen LogP contribution in [0.5, 0.6) is 0 Å². The minimum Gasteiger partial charge on any atom is -0.452 e. The van der Waals surface area contributed by atoms with E-state index in [9.17, 15) is 27.2 Å². The second-order valence-corrected chi connectivity index (χ2v) is 7.30. The number of rotatable bonds is 7. The summed E-state index contributed by atoms with van der Waals surface area (Å²) in [4.78, 5) is 34.4. The fourth-order valence-corrected chi connectivity index (χ4v) is 2.68. The fraction of sp³-hybridized carbons (Fsp3) is 0.400. The first-order valence-corrected chi connectivity index (χ1v) is 9.05. The molecule has 1 aromatic rings. The lowest BCUT2D eigenvalue weighted by Gasteiger charge is -2.14. The highest BCUT2D eigenvalue weighted by Gasteiger charge is 2.22. The van der Waals surface area contributed by atoms with Crippen LogP contribution in [-0.4, -0.2) is 45.0 Å². The summed E-state index contributed by atoms with van der Waals surface area (Å²) in [6.07, 6.45) is -1.32. The summed E-state index contributed by atoms with van der Waals surface area (Å²) in [5.41, 5.74) is 0. The summed E-state index contributed by atoms with van der Waals surface area (Å²) in [5, 5.41) is 4.39. The maximum Gasteiger partial charge on any atom is 0.321 e. The number of benzene rings is 1. The Morgan fingerprint density at radius 2 is 1.85 bits per heavy atom. The lowest BCUT2D eigenvalue weighted by atomic mass is 10.3. The predicted molar refractivity (Wildman–Crippen MR) is 89.0 cm³/mol. The van der Waals surface area contributed by atoms with Crippen LogP contribution in [0.3, 0.4) is 0 Å². The topological polar surface area (TPSA) is 131 Å². The van der Waals surface area contributed by atoms with E-state index in [1.165, 1.54) is 13.0 Å². The Morgan fingerprint density at radius 1 is 1.19 bits per heavy atom. The van der Waals surface area contributed by atoms with Gasteiger partial charge in [-0.1, -0.05) is 6.07 Å². The van der Waals surface area contributed by atoms with Gasteiger partial charge in [-0.05, 0) is 39.0 Å². The third-order valence-electron chi connectivity index (χ3n) is 2.85. The molecule has 0 aliphatic rings. The van der Waals surface area contributed by atoms with Crippen LogP contribution in [0.2, 0.25) is 0 Å². The third kappa shape index (κ3) is 7.15. The zero-order valence-electron chi connectivity index (χ0n) is 14.4. The van der Waals surface area contributed by atoms with Crippen molar-refractivity contribution in [3.05, 3.63) is 30.1 Å². The van der Waals surface area contributed by atoms with Crippen LogP contribution in [0.15, 0.2) is 29.2 Å². The molecule has 1 atom stereocenters. The van der Waals surface area contributed by atoms with Crippen molar-refractivity contribution in [2.24, 2.45) is 0 Å². The Bertz CT molecular complexity index is 781. The van der Waals surface area contributed by atoms with Gasteiger partial charge in [0, 0.05) is 6.04 Å². The standard InChI is InChI=1S/C15H20FN3O6S/c1-9(2)18-15(22)19-14(21)10(3)25-13(20)8-17-26(23,24)12-6-4-5-11(16)7-12/h4-7,9-10,17H,8H2,1-3H3,(H2,18,19,21,22)/t10-/m0/s1. The zero-order chi connectivity index (χ0) is 19.9. The van der Waals surface area contributed by atoms with E-state index >= 15 is 0 Å². The van der Waals surface area contributed by atoms with Crippen molar-refractivity contribution in [3.63, 3.8) is 0 Å². The van der Waals surface area contributed by atoms with Crippen molar-refractivity contribution in [1.29, 1.82) is 0 Å². The van der Waals surface area contributed by atoms with Crippen LogP contribution in [-0.2, 0) is 24.3 Å². The normalized spacial score (nSPS) is 12.3. The lowest BCUT2D eigenvalue weighted by molar-refractivity contribution is -0.153. The van der Waals surface area contributed by atoms with Crippen molar-refractivity contribution in [2.45, 2.75) is 37.8 Å². The molecular formula is C15H20FN3O6S. The van der Waals surface area contributed by atoms with Gasteiger partial charge in [-0.25, -0.2) is 17.6 Å². The molecule has 0 fully saturated rings. The Labute approximate surface area is 150 Å². The molecule has 3 N–H and O–H groups in total. The van der Waals surface area contributed by atoms with E-state index < -0.39 is 46.4 Å². The highest BCUT2D eigenvalue weighted by molar-refractivity contribution is 7.89. The molecule has 0 aliphatic heterocycles. The van der Waals surface area contributed by atoms with Crippen LogP contribution in [0.1, 0.15) is 20.8 Å². The van der Waals surface area contributed by atoms with Gasteiger partial charge in [0.1, 0.15) is 12.4 Å². The highest BCUT2D eigenvalue weighted by Crippen LogP contribution is 2.09. The molecule has 0 bridgehead atoms. The number of amides is 3. The molecule has 9 nitrogen and oxygen atoms in total. The first-order chi connectivity index (χ1) is 12.0. The van der Waals surface area contributed by atoms with E-state index in [1.807, 2.05) is 10.0 Å². The molecule has 0 aromatic heterocycles. The van der Waals surface area contributed by atoms with E-state index in [4.69, 9.17) is 4.74 Å². The van der Waals surface area contributed by atoms with Gasteiger partial charge in [0.2, 0.25) is 10.0 Å². The van der Waals surface area contributed by atoms with Crippen LogP contribution >= 0.6 is 0 Å². The minimum absolute atomic E-state index is 0.196. The van der Waals surface area contributed by atoms with E-state index in [1.54, 1.807) is 13.8 Å². The van der Waals surface area contributed by atoms with Gasteiger partial charge in [-0.15, -0.1) is 0 Å². The molecular weight excluding hydrogens is 369 g/mol. The monoisotopic (exact) mass is 389 g/mol. The molecule has 0 aliphatic carbocycles. The second kappa shape index (κ2) is 9.25. The zero-order valence-corrected chi connectivity index (χ0v) is 15.2. The number of ether oxygens (including phenoxy) is 1. The van der Waals surface area contributed by atoms with Gasteiger partial charge in [0.05, 0.1) is 4.90 Å². The average Bonchev–Trinajstić information content (AvgIpc) is 2.52. The number of carbonyl (C=O) groups excluding carboxylic acids is 3. The Balaban J connectivity index is 2.53. The number of sulfonamides is 1. The molecule has 0 unspecified atom stereocenters. The smallest absolute Gasteiger partial charge is 0.321 e. The van der Waals surface area contributed by atoms with Crippen molar-refractivity contribution >= 4 is 27.9 Å². The number of urea groups is 1. The summed E-state index contributed by atoms with van der Waals surface area (Å²) in [6, 6.07) is 3.27. The summed E-state index contributed by atoms with van der Waals surface area (Å²) in [5.74, 6) is -2.66. The molecule has 0 saturated carbocycles. The molecule has 1 aromatic carbocycles. The van der Waals surface area contributed by atoms with Gasteiger partial charge in [0.15, 0.2) is 6.10 Å². The Morgan fingerprint density at radius 3 is 2.42 bits per heavy atom. The molecule has 0 radical (unpaired) electrons. The van der Waals surface area contributed by atoms with E-state index in [0.717, 1.165) is 18.2 Å². The summed E-state index contributed by atoms with van der Waals surface area (Å²) >= 11 is 0. The van der Waals surface area contributed by atoms with Crippen LogP contribution in [0, 0.1) is 5.82 Å². The number of hydrogen-bond acceptors (Lipinski definition) is 6. The lowest BCUT2D eigenvalue weighted by Crippen LogP contribution is -2.47. The van der Waals surface area contributed by atoms with Gasteiger partial charge < -0.3 is 10.1 Å². The van der Waals surface area contributed by atoms with Crippen molar-refractivity contribution in [3.8, 4) is 0 Å². The molecule has 26 heavy (non-hydrogen) atoms. The van der Waals surface area contributed by atoms with Crippen LogP contribution in [0.4, 0.5) is 9.18 Å². The van der Waals surface area contributed by atoms with Crippen LogP contribution in [0.25, 0.3) is 0 Å². The maximum absolute atomic E-state index is 13.1. The fourth-order valence-electron chi connectivity index (χ4n) is 1.68. The number of esters is 1. The van der Waals surface area contributed by atoms with Gasteiger partial charge in [-0.2, -0.15) is 4.72 Å². The third-order valence-corrected chi connectivity index (χ3v) is 4.25. The molecule has 11 heteroatoms. The second-order valence-electron chi connectivity index (χ2n) is 5.53. The quantitative estimate of drug-likeness (QED) is 0.574. The Hall–Kier alpha value is -2.53. The molecule has 1 rings (SSSR count). The van der Waals surface area contributed by atoms with Crippen molar-refractivity contribution < 1.29 is 31.9 Å². The highest BCUT2D eigenvalue weighted by atomic mass is 32.2. The van der Waals surface area contributed by atoms with Crippen molar-refractivity contribution in [2.75, 3.05) is 6.54 Å². The largest absolute Gasteiger partial charge is 0.452 e. The summed E-state index contributed by atoms with van der Waals surface area (Å²) < 4.78 is 43.6. The molecule has 0 heterocycles. The number of imide groups is 1. The van der Waals surface area contributed by atoms with Crippen LogP contribution < -0.4 is 15.4 Å². The van der Waals surface area contributed by atoms with E-state index in [-0.39, 0.29) is 10.9 Å². The van der Waals surface area contributed by atoms with Gasteiger partial charge in [0.25, 0.3) is 5.91 Å². The molecule has 3 amide bonds. The first kappa shape index (κ1) is 21.5. The van der Waals surface area contributed by atoms with Gasteiger partial charge in [-0.3, -0.25) is 14.9 Å². The Kier molecular flexibility index (Phi) is 7.65. The average molecular weight is 389 g/mol. The van der Waals surface area contributed by atoms with Gasteiger partial charge >= 0.3 is 12.0 Å². The molecule has 0 spiro atoms. The summed E-state index contributed by atoms with van der Waals surface area (Å²) in [6.45, 7) is 3.84. The molecule has 0 saturated heterocycles. The van der Waals surface area contributed by atoms with Crippen molar-refractivity contribution in [1.82, 2.24) is 15.4 Å². The maximum atomic E-state index is 13.1. The first-order valence-electron chi connectivity index (χ1n) is 7.57. The minimum atomic E-state index is -4.12. The SMILES string of the molecule is CC(C)NC(=O)NC(=O)[C@H](C)OC(=O)CNS(=O)(=O)c1cccc(F)c1. The molecule has 144 valence electrons. The van der Waals surface area contributed by atoms with E-state index in [0.29, 0.717) is 0 Å². The number of carbonyl (C=O) groups is 3. The number of nitrogens with one attached hydrogen (secondary N) is 3. The number of halogens is 1. The van der Waals surface area contributed by atoms with E-state index in [2.05, 4.69) is 5.32 Å². The predicted octanol–water partition coefficient (Wildman–Crippen LogP) is 0.270.